The van der Waals surface area contributed by atoms with Gasteiger partial charge in [-0.15, -0.1) is 13.2 Å². The molecule has 2 N–H and O–H groups in total. The highest BCUT2D eigenvalue weighted by molar-refractivity contribution is 6.30. The molecule has 1 aromatic carbocycles. The van der Waals surface area contributed by atoms with Crippen LogP contribution in [0.25, 0.3) is 0 Å². The van der Waals surface area contributed by atoms with Crippen molar-refractivity contribution in [1.82, 2.24) is 15.6 Å². The molecule has 0 aliphatic carbocycles. The van der Waals surface area contributed by atoms with Crippen LogP contribution in [0.1, 0.15) is 41.6 Å². The van der Waals surface area contributed by atoms with E-state index in [1.54, 1.807) is 0 Å². The second kappa shape index (κ2) is 13.5. The molecule has 0 atom stereocenters. The van der Waals surface area contributed by atoms with E-state index in [2.05, 4.69) is 28.8 Å². The van der Waals surface area contributed by atoms with Crippen LogP contribution in [0.15, 0.2) is 42.0 Å². The number of oxazole rings is 1. The van der Waals surface area contributed by atoms with Crippen LogP contribution in [-0.4, -0.2) is 49.7 Å². The van der Waals surface area contributed by atoms with Gasteiger partial charge < -0.3 is 24.5 Å². The number of halogens is 2. The fourth-order valence-corrected chi connectivity index (χ4v) is 3.02. The summed E-state index contributed by atoms with van der Waals surface area (Å²) in [6.07, 6.45) is 3.61. The third-order valence-corrected chi connectivity index (χ3v) is 4.85. The molecule has 10 heteroatoms. The Morgan fingerprint density at radius 1 is 1.22 bits per heavy atom. The van der Waals surface area contributed by atoms with Crippen LogP contribution in [-0.2, 0) is 9.53 Å². The molecule has 0 saturated carbocycles. The first-order valence-electron chi connectivity index (χ1n) is 10.2. The molecule has 0 bridgehead atoms. The van der Waals surface area contributed by atoms with Crippen molar-refractivity contribution in [2.24, 2.45) is 0 Å². The van der Waals surface area contributed by atoms with Crippen LogP contribution in [0.4, 0.5) is 4.39 Å². The zero-order valence-electron chi connectivity index (χ0n) is 17.7. The second-order valence-electron chi connectivity index (χ2n) is 6.77. The van der Waals surface area contributed by atoms with E-state index in [1.165, 1.54) is 18.3 Å². The van der Waals surface area contributed by atoms with Gasteiger partial charge in [0.05, 0.1) is 11.2 Å². The van der Waals surface area contributed by atoms with E-state index in [1.807, 2.05) is 0 Å². The predicted molar refractivity (Wildman–Crippen MR) is 117 cm³/mol. The molecular weight excluding hydrogens is 441 g/mol. The topological polar surface area (TPSA) is 103 Å². The van der Waals surface area contributed by atoms with Crippen LogP contribution in [0.2, 0.25) is 5.02 Å². The fourth-order valence-electron chi connectivity index (χ4n) is 2.90. The number of carbonyl (C=O) groups is 2. The molecule has 3 rings (SSSR count). The Morgan fingerprint density at radius 2 is 1.94 bits per heavy atom. The van der Waals surface area contributed by atoms with Gasteiger partial charge in [0.25, 0.3) is 11.8 Å². The van der Waals surface area contributed by atoms with Crippen molar-refractivity contribution in [3.8, 4) is 5.75 Å². The van der Waals surface area contributed by atoms with Gasteiger partial charge >= 0.3 is 0 Å². The number of hydrogen-bond donors (Lipinski definition) is 2. The molecule has 1 fully saturated rings. The lowest BCUT2D eigenvalue weighted by atomic mass is 10.0. The van der Waals surface area contributed by atoms with Gasteiger partial charge in [0.15, 0.2) is 12.5 Å². The van der Waals surface area contributed by atoms with Crippen LogP contribution < -0.4 is 15.4 Å². The smallest absolute Gasteiger partial charge is 0.288 e. The second-order valence-corrected chi connectivity index (χ2v) is 7.18. The highest BCUT2D eigenvalue weighted by Crippen LogP contribution is 2.26. The summed E-state index contributed by atoms with van der Waals surface area (Å²) in [7, 11) is 0. The van der Waals surface area contributed by atoms with E-state index in [4.69, 9.17) is 25.5 Å². The number of hydrogen-bond acceptors (Lipinski definition) is 6. The maximum Gasteiger partial charge on any atom is 0.288 e. The molecule has 0 radical (unpaired) electrons. The monoisotopic (exact) mass is 467 g/mol. The number of aromatic nitrogens is 1. The number of amides is 2. The molecule has 1 aliphatic heterocycles. The molecule has 1 saturated heterocycles. The van der Waals surface area contributed by atoms with Gasteiger partial charge in [-0.3, -0.25) is 9.59 Å². The number of ether oxygens (including phenoxy) is 2. The van der Waals surface area contributed by atoms with E-state index < -0.39 is 5.82 Å². The third kappa shape index (κ3) is 7.97. The van der Waals surface area contributed by atoms with Crippen molar-refractivity contribution >= 4 is 23.4 Å². The normalized spacial score (nSPS) is 13.6. The molecule has 174 valence electrons. The Bertz CT molecular complexity index is 886. The molecule has 0 spiro atoms. The van der Waals surface area contributed by atoms with Crippen LogP contribution in [0.5, 0.6) is 5.75 Å². The minimum Gasteiger partial charge on any atom is -0.484 e. The Balaban J connectivity index is 0.00000176. The molecule has 1 aromatic heterocycles. The summed E-state index contributed by atoms with van der Waals surface area (Å²) < 4.78 is 29.4. The Labute approximate surface area is 191 Å². The minimum atomic E-state index is -0.614. The molecule has 1 aliphatic rings. The highest BCUT2D eigenvalue weighted by atomic mass is 35.5. The molecule has 2 amide bonds. The van der Waals surface area contributed by atoms with Crippen LogP contribution in [0, 0.1) is 5.82 Å². The number of carbonyl (C=O) groups excluding carboxylic acids is 2. The first-order valence-corrected chi connectivity index (χ1v) is 10.6. The number of rotatable bonds is 9. The van der Waals surface area contributed by atoms with Gasteiger partial charge in [-0.1, -0.05) is 11.6 Å². The van der Waals surface area contributed by atoms with Crippen molar-refractivity contribution in [2.45, 2.75) is 25.2 Å². The summed E-state index contributed by atoms with van der Waals surface area (Å²) in [5.41, 5.74) is 0. The van der Waals surface area contributed by atoms with Gasteiger partial charge in [-0.05, 0) is 31.4 Å². The van der Waals surface area contributed by atoms with Crippen molar-refractivity contribution in [1.29, 1.82) is 0 Å². The molecule has 2 heterocycles. The summed E-state index contributed by atoms with van der Waals surface area (Å²) in [6.45, 7) is 7.79. The van der Waals surface area contributed by atoms with Crippen molar-refractivity contribution in [3.63, 3.8) is 0 Å². The lowest BCUT2D eigenvalue weighted by Gasteiger charge is -2.18. The largest absolute Gasteiger partial charge is 0.484 e. The van der Waals surface area contributed by atoms with Gasteiger partial charge in [-0.25, -0.2) is 9.37 Å². The zero-order valence-corrected chi connectivity index (χ0v) is 18.5. The first-order chi connectivity index (χ1) is 15.5. The van der Waals surface area contributed by atoms with Crippen molar-refractivity contribution < 1.29 is 27.9 Å². The van der Waals surface area contributed by atoms with E-state index in [-0.39, 0.29) is 40.9 Å². The van der Waals surface area contributed by atoms with E-state index >= 15 is 0 Å². The average Bonchev–Trinajstić information content (AvgIpc) is 3.32. The predicted octanol–water partition coefficient (Wildman–Crippen LogP) is 3.48. The molecule has 2 aromatic rings. The maximum absolute atomic E-state index is 13.3. The molecular formula is C22H27ClFN3O5. The molecule has 32 heavy (non-hydrogen) atoms. The van der Waals surface area contributed by atoms with Gasteiger partial charge in [0.1, 0.15) is 11.6 Å². The number of nitrogens with zero attached hydrogens (tertiary/aromatic N) is 1. The van der Waals surface area contributed by atoms with Gasteiger partial charge in [0.2, 0.25) is 5.76 Å². The van der Waals surface area contributed by atoms with E-state index in [0.717, 1.165) is 18.9 Å². The average molecular weight is 468 g/mol. The summed E-state index contributed by atoms with van der Waals surface area (Å²) in [5, 5.41) is 5.37. The van der Waals surface area contributed by atoms with Gasteiger partial charge in [-0.2, -0.15) is 0 Å². The van der Waals surface area contributed by atoms with E-state index in [9.17, 15) is 14.0 Å². The summed E-state index contributed by atoms with van der Waals surface area (Å²) >= 11 is 5.59. The maximum atomic E-state index is 13.3. The number of benzene rings is 1. The first kappa shape index (κ1) is 25.4. The summed E-state index contributed by atoms with van der Waals surface area (Å²) in [6, 6.07) is 3.95. The number of nitrogens with one attached hydrogen (secondary N) is 2. The van der Waals surface area contributed by atoms with Crippen LogP contribution >= 0.6 is 11.6 Å². The Morgan fingerprint density at radius 3 is 2.66 bits per heavy atom. The van der Waals surface area contributed by atoms with Gasteiger partial charge in [0, 0.05) is 38.3 Å². The molecule has 0 unspecified atom stereocenters. The summed E-state index contributed by atoms with van der Waals surface area (Å²) in [4.78, 5) is 28.1. The Kier molecular flexibility index (Phi) is 10.7. The molecule has 8 nitrogen and oxygen atoms in total. The van der Waals surface area contributed by atoms with Crippen molar-refractivity contribution in [2.75, 3.05) is 32.9 Å². The fraction of sp³-hybridized carbons (Fsp3) is 0.409. The standard InChI is InChI=1S/C20H23ClFN3O5.C2H4/c21-15-3-2-14(10-16(15)22)29-12-18(26)23-6-1-7-24-19(27)17-11-25-20(30-17)13-4-8-28-9-5-13;1-2/h2-3,10-11,13H,1,4-9,12H2,(H,23,26)(H,24,27);1-2H2. The lowest BCUT2D eigenvalue weighted by molar-refractivity contribution is -0.123. The summed E-state index contributed by atoms with van der Waals surface area (Å²) in [5.74, 6) is -0.181. The lowest BCUT2D eigenvalue weighted by Crippen LogP contribution is -2.32. The third-order valence-electron chi connectivity index (χ3n) is 4.54. The highest BCUT2D eigenvalue weighted by Gasteiger charge is 2.22. The van der Waals surface area contributed by atoms with Crippen molar-refractivity contribution in [3.05, 3.63) is 60.0 Å². The zero-order chi connectivity index (χ0) is 23.3. The quantitative estimate of drug-likeness (QED) is 0.432. The van der Waals surface area contributed by atoms with Crippen LogP contribution in [0.3, 0.4) is 0 Å². The Hall–Kier alpha value is -2.91. The SMILES string of the molecule is C=C.O=C(COc1ccc(Cl)c(F)c1)NCCCNC(=O)c1cnc(C2CCOCC2)o1. The minimum absolute atomic E-state index is 0.0148. The van der Waals surface area contributed by atoms with E-state index in [0.29, 0.717) is 38.6 Å².